The number of benzene rings is 2. The van der Waals surface area contributed by atoms with Gasteiger partial charge in [-0.25, -0.2) is 4.98 Å². The second kappa shape index (κ2) is 6.57. The summed E-state index contributed by atoms with van der Waals surface area (Å²) < 4.78 is 38.9. The molecule has 3 aromatic rings. The largest absolute Gasteiger partial charge is 0.416 e. The van der Waals surface area contributed by atoms with Gasteiger partial charge in [0, 0.05) is 12.1 Å². The van der Waals surface area contributed by atoms with Gasteiger partial charge in [-0.15, -0.1) is 11.3 Å². The van der Waals surface area contributed by atoms with Gasteiger partial charge in [0.2, 0.25) is 0 Å². The Morgan fingerprint density at radius 3 is 2.69 bits per heavy atom. The van der Waals surface area contributed by atoms with Crippen LogP contribution in [0.3, 0.4) is 0 Å². The van der Waals surface area contributed by atoms with E-state index in [-0.39, 0.29) is 21.8 Å². The normalized spacial score (nSPS) is 12.2. The van der Waals surface area contributed by atoms with Crippen LogP contribution in [0.1, 0.15) is 16.1 Å². The Labute approximate surface area is 148 Å². The lowest BCUT2D eigenvalue weighted by molar-refractivity contribution is -0.384. The number of nitro benzene ring substituents is 1. The molecule has 5 nitrogen and oxygen atoms in total. The predicted octanol–water partition coefficient (Wildman–Crippen LogP) is 5.29. The van der Waals surface area contributed by atoms with Gasteiger partial charge >= 0.3 is 6.18 Å². The van der Waals surface area contributed by atoms with Crippen molar-refractivity contribution in [2.45, 2.75) is 6.18 Å². The first-order valence-corrected chi connectivity index (χ1v) is 7.94. The van der Waals surface area contributed by atoms with Gasteiger partial charge < -0.3 is 0 Å². The fourth-order valence-electron chi connectivity index (χ4n) is 2.26. The standard InChI is InChI=1S/C17H8F3N3O2S/c18-17(19,20)12-4-5-15-14(8-12)22-16(26-15)11(9-21)6-10-2-1-3-13(7-10)23(24)25/h1-8H/b11-6-. The molecule has 0 aliphatic carbocycles. The van der Waals surface area contributed by atoms with Crippen LogP contribution in [0.5, 0.6) is 0 Å². The molecule has 0 unspecified atom stereocenters. The van der Waals surface area contributed by atoms with Crippen LogP contribution in [-0.4, -0.2) is 9.91 Å². The van der Waals surface area contributed by atoms with E-state index in [9.17, 15) is 28.5 Å². The molecule has 0 aliphatic rings. The van der Waals surface area contributed by atoms with E-state index in [1.54, 1.807) is 6.07 Å². The molecule has 0 amide bonds. The molecule has 0 spiro atoms. The van der Waals surface area contributed by atoms with Gasteiger partial charge in [0.05, 0.1) is 26.3 Å². The van der Waals surface area contributed by atoms with E-state index in [2.05, 4.69) is 4.98 Å². The van der Waals surface area contributed by atoms with E-state index in [1.807, 2.05) is 6.07 Å². The number of nitro groups is 1. The lowest BCUT2D eigenvalue weighted by Gasteiger charge is -2.04. The molecule has 9 heteroatoms. The van der Waals surface area contributed by atoms with E-state index < -0.39 is 16.7 Å². The molecule has 0 aliphatic heterocycles. The van der Waals surface area contributed by atoms with Crippen molar-refractivity contribution in [1.82, 2.24) is 4.98 Å². The Hall–Kier alpha value is -3.25. The highest BCUT2D eigenvalue weighted by molar-refractivity contribution is 7.19. The van der Waals surface area contributed by atoms with Crippen molar-refractivity contribution in [2.75, 3.05) is 0 Å². The quantitative estimate of drug-likeness (QED) is 0.354. The minimum atomic E-state index is -4.48. The second-order valence-corrected chi connectivity index (χ2v) is 6.25. The second-order valence-electron chi connectivity index (χ2n) is 5.22. The Bertz CT molecular complexity index is 1080. The van der Waals surface area contributed by atoms with Gasteiger partial charge in [-0.05, 0) is 29.8 Å². The average molecular weight is 375 g/mol. The van der Waals surface area contributed by atoms with Crippen LogP contribution in [0, 0.1) is 21.4 Å². The SMILES string of the molecule is N#C/C(=C/c1cccc([N+](=O)[O-])c1)c1nc2cc(C(F)(F)F)ccc2s1. The lowest BCUT2D eigenvalue weighted by Crippen LogP contribution is -2.03. The molecule has 1 heterocycles. The topological polar surface area (TPSA) is 79.8 Å². The molecule has 0 bridgehead atoms. The van der Waals surface area contributed by atoms with E-state index in [1.165, 1.54) is 30.3 Å². The average Bonchev–Trinajstić information content (AvgIpc) is 3.02. The highest BCUT2D eigenvalue weighted by Crippen LogP contribution is 2.34. The number of alkyl halides is 3. The van der Waals surface area contributed by atoms with Crippen molar-refractivity contribution in [3.63, 3.8) is 0 Å². The minimum absolute atomic E-state index is 0.111. The van der Waals surface area contributed by atoms with Crippen LogP contribution in [-0.2, 0) is 6.18 Å². The van der Waals surface area contributed by atoms with Crippen LogP contribution in [0.2, 0.25) is 0 Å². The van der Waals surface area contributed by atoms with Gasteiger partial charge in [0.1, 0.15) is 11.1 Å². The van der Waals surface area contributed by atoms with Crippen molar-refractivity contribution >= 4 is 38.9 Å². The fourth-order valence-corrected chi connectivity index (χ4v) is 3.17. The van der Waals surface area contributed by atoms with Crippen molar-refractivity contribution in [1.29, 1.82) is 5.26 Å². The highest BCUT2D eigenvalue weighted by atomic mass is 32.1. The number of thiazole rings is 1. The molecular weight excluding hydrogens is 367 g/mol. The molecule has 0 saturated heterocycles. The third-order valence-electron chi connectivity index (χ3n) is 3.46. The van der Waals surface area contributed by atoms with E-state index >= 15 is 0 Å². The van der Waals surface area contributed by atoms with Crippen LogP contribution >= 0.6 is 11.3 Å². The molecule has 0 atom stereocenters. The Balaban J connectivity index is 2.04. The van der Waals surface area contributed by atoms with Crippen LogP contribution in [0.15, 0.2) is 42.5 Å². The number of aromatic nitrogens is 1. The summed E-state index contributed by atoms with van der Waals surface area (Å²) in [5.74, 6) is 0. The zero-order valence-corrected chi connectivity index (χ0v) is 13.6. The van der Waals surface area contributed by atoms with Crippen LogP contribution in [0.4, 0.5) is 18.9 Å². The summed E-state index contributed by atoms with van der Waals surface area (Å²) in [4.78, 5) is 14.4. The maximum absolute atomic E-state index is 12.8. The number of allylic oxidation sites excluding steroid dienone is 1. The van der Waals surface area contributed by atoms with E-state index in [0.29, 0.717) is 10.3 Å². The third kappa shape index (κ3) is 3.55. The molecule has 1 aromatic heterocycles. The molecule has 0 N–H and O–H groups in total. The Morgan fingerprint density at radius 2 is 2.04 bits per heavy atom. The first kappa shape index (κ1) is 17.6. The first-order valence-electron chi connectivity index (χ1n) is 7.12. The number of nitriles is 1. The summed E-state index contributed by atoms with van der Waals surface area (Å²) in [6, 6.07) is 10.8. The maximum atomic E-state index is 12.8. The highest BCUT2D eigenvalue weighted by Gasteiger charge is 2.30. The molecule has 0 saturated carbocycles. The summed E-state index contributed by atoms with van der Waals surface area (Å²) in [5.41, 5.74) is -0.274. The molecule has 0 radical (unpaired) electrons. The molecule has 130 valence electrons. The maximum Gasteiger partial charge on any atom is 0.416 e. The zero-order chi connectivity index (χ0) is 18.9. The minimum Gasteiger partial charge on any atom is -0.258 e. The van der Waals surface area contributed by atoms with Crippen molar-refractivity contribution in [3.05, 3.63) is 68.7 Å². The molecule has 2 aromatic carbocycles. The van der Waals surface area contributed by atoms with Crippen molar-refractivity contribution in [3.8, 4) is 6.07 Å². The Morgan fingerprint density at radius 1 is 1.27 bits per heavy atom. The predicted molar refractivity (Wildman–Crippen MR) is 91.2 cm³/mol. The lowest BCUT2D eigenvalue weighted by atomic mass is 10.1. The monoisotopic (exact) mass is 375 g/mol. The summed E-state index contributed by atoms with van der Waals surface area (Å²) in [7, 11) is 0. The zero-order valence-electron chi connectivity index (χ0n) is 12.8. The molecule has 3 rings (SSSR count). The third-order valence-corrected chi connectivity index (χ3v) is 4.53. The number of rotatable bonds is 3. The smallest absolute Gasteiger partial charge is 0.258 e. The first-order chi connectivity index (χ1) is 12.3. The number of fused-ring (bicyclic) bond motifs is 1. The number of hydrogen-bond acceptors (Lipinski definition) is 5. The van der Waals surface area contributed by atoms with Crippen molar-refractivity contribution in [2.24, 2.45) is 0 Å². The fraction of sp³-hybridized carbons (Fsp3) is 0.0588. The Kier molecular flexibility index (Phi) is 4.44. The summed E-state index contributed by atoms with van der Waals surface area (Å²) >= 11 is 1.08. The molecule has 0 fully saturated rings. The number of hydrogen-bond donors (Lipinski definition) is 0. The van der Waals surface area contributed by atoms with Gasteiger partial charge in [-0.3, -0.25) is 10.1 Å². The molecule has 26 heavy (non-hydrogen) atoms. The van der Waals surface area contributed by atoms with Crippen LogP contribution < -0.4 is 0 Å². The number of non-ortho nitro benzene ring substituents is 1. The number of halogens is 3. The molecular formula is C17H8F3N3O2S. The summed E-state index contributed by atoms with van der Waals surface area (Å²) in [6.07, 6.45) is -3.07. The van der Waals surface area contributed by atoms with Crippen molar-refractivity contribution < 1.29 is 18.1 Å². The van der Waals surface area contributed by atoms with Gasteiger partial charge in [-0.1, -0.05) is 12.1 Å². The van der Waals surface area contributed by atoms with Gasteiger partial charge in [0.25, 0.3) is 5.69 Å². The van der Waals surface area contributed by atoms with Gasteiger partial charge in [0.15, 0.2) is 0 Å². The summed E-state index contributed by atoms with van der Waals surface area (Å²) in [5, 5.41) is 20.4. The van der Waals surface area contributed by atoms with E-state index in [4.69, 9.17) is 0 Å². The van der Waals surface area contributed by atoms with Gasteiger partial charge in [-0.2, -0.15) is 18.4 Å². The van der Waals surface area contributed by atoms with E-state index in [0.717, 1.165) is 23.5 Å². The summed E-state index contributed by atoms with van der Waals surface area (Å²) in [6.45, 7) is 0. The number of nitrogens with zero attached hydrogens (tertiary/aromatic N) is 3. The van der Waals surface area contributed by atoms with Crippen LogP contribution in [0.25, 0.3) is 21.9 Å².